The Morgan fingerprint density at radius 2 is 1.93 bits per heavy atom. The van der Waals surface area contributed by atoms with Crippen LogP contribution < -0.4 is 0 Å². The summed E-state index contributed by atoms with van der Waals surface area (Å²) in [6, 6.07) is 8.42. The van der Waals surface area contributed by atoms with Crippen LogP contribution in [0.1, 0.15) is 28.1 Å². The summed E-state index contributed by atoms with van der Waals surface area (Å²) in [5.74, 6) is -0.337. The van der Waals surface area contributed by atoms with Gasteiger partial charge in [-0.3, -0.25) is 10.2 Å². The normalized spacial score (nSPS) is 17.7. The molecule has 0 saturated heterocycles. The number of amides is 1. The minimum absolute atomic E-state index is 0.0630. The van der Waals surface area contributed by atoms with Gasteiger partial charge in [0.1, 0.15) is 0 Å². The summed E-state index contributed by atoms with van der Waals surface area (Å²) in [6.07, 6.45) is 3.67. The number of hydrazone groups is 1. The molecule has 148 valence electrons. The molecule has 8 heteroatoms. The van der Waals surface area contributed by atoms with Gasteiger partial charge in [-0.2, -0.15) is 10.0 Å². The summed E-state index contributed by atoms with van der Waals surface area (Å²) in [5, 5.41) is 14.8. The molecule has 0 fully saturated rings. The van der Waals surface area contributed by atoms with E-state index in [9.17, 15) is 4.79 Å². The topological polar surface area (TPSA) is 73.8 Å². The monoisotopic (exact) mass is 423 g/mol. The third-order valence-electron chi connectivity index (χ3n) is 4.99. The summed E-state index contributed by atoms with van der Waals surface area (Å²) < 4.78 is 2.96. The van der Waals surface area contributed by atoms with Gasteiger partial charge in [0.2, 0.25) is 5.17 Å². The molecule has 0 spiro atoms. The Hall–Kier alpha value is -2.58. The number of rotatable bonds is 2. The molecule has 0 atom stereocenters. The number of aromatic nitrogens is 1. The van der Waals surface area contributed by atoms with Gasteiger partial charge in [-0.15, -0.1) is 16.9 Å². The zero-order valence-corrected chi connectivity index (χ0v) is 18.5. The van der Waals surface area contributed by atoms with Crippen LogP contribution in [0.5, 0.6) is 0 Å². The molecule has 1 aromatic carbocycles. The maximum Gasteiger partial charge on any atom is 0.283 e. The van der Waals surface area contributed by atoms with Gasteiger partial charge >= 0.3 is 0 Å². The molecular formula is C21H21N5OS2. The predicted octanol–water partition coefficient (Wildman–Crippen LogP) is 4.65. The van der Waals surface area contributed by atoms with Crippen molar-refractivity contribution in [2.24, 2.45) is 10.1 Å². The van der Waals surface area contributed by atoms with E-state index in [1.165, 1.54) is 39.7 Å². The van der Waals surface area contributed by atoms with Crippen LogP contribution in [0.15, 0.2) is 39.9 Å². The van der Waals surface area contributed by atoms with Crippen molar-refractivity contribution >= 4 is 50.9 Å². The predicted molar refractivity (Wildman–Crippen MR) is 123 cm³/mol. The van der Waals surface area contributed by atoms with E-state index in [-0.39, 0.29) is 11.4 Å². The largest absolute Gasteiger partial charge is 0.318 e. The molecule has 1 amide bonds. The van der Waals surface area contributed by atoms with E-state index in [0.717, 1.165) is 27.0 Å². The van der Waals surface area contributed by atoms with Crippen molar-refractivity contribution in [1.29, 1.82) is 5.41 Å². The van der Waals surface area contributed by atoms with E-state index < -0.39 is 5.91 Å². The van der Waals surface area contributed by atoms with Gasteiger partial charge < -0.3 is 4.57 Å². The van der Waals surface area contributed by atoms with Crippen molar-refractivity contribution in [1.82, 2.24) is 9.58 Å². The molecule has 0 saturated carbocycles. The third-order valence-corrected chi connectivity index (χ3v) is 6.87. The molecular weight excluding hydrogens is 402 g/mol. The number of hydrogen-bond acceptors (Lipinski definition) is 5. The van der Waals surface area contributed by atoms with Gasteiger partial charge in [-0.05, 0) is 80.6 Å². The highest BCUT2D eigenvalue weighted by molar-refractivity contribution is 8.45. The minimum atomic E-state index is -0.400. The number of carbonyl (C=O) groups is 1. The Kier molecular flexibility index (Phi) is 5.00. The molecule has 2 aliphatic heterocycles. The van der Waals surface area contributed by atoms with E-state index in [2.05, 4.69) is 46.7 Å². The third kappa shape index (κ3) is 3.36. The minimum Gasteiger partial charge on any atom is -0.318 e. The lowest BCUT2D eigenvalue weighted by Gasteiger charge is -2.20. The lowest BCUT2D eigenvalue weighted by molar-refractivity contribution is -0.114. The first-order valence-corrected chi connectivity index (χ1v) is 11.1. The van der Waals surface area contributed by atoms with Gasteiger partial charge in [0.15, 0.2) is 10.2 Å². The average molecular weight is 424 g/mol. The lowest BCUT2D eigenvalue weighted by atomic mass is 10.1. The zero-order valence-electron chi connectivity index (χ0n) is 16.9. The number of benzene rings is 1. The van der Waals surface area contributed by atoms with Crippen molar-refractivity contribution in [2.45, 2.75) is 27.7 Å². The fraction of sp³-hybridized carbons (Fsp3) is 0.238. The van der Waals surface area contributed by atoms with Crippen LogP contribution in [-0.4, -0.2) is 37.1 Å². The van der Waals surface area contributed by atoms with Crippen molar-refractivity contribution in [3.63, 3.8) is 0 Å². The zero-order chi connectivity index (χ0) is 20.9. The summed E-state index contributed by atoms with van der Waals surface area (Å²) in [5.41, 5.74) is 6.74. The lowest BCUT2D eigenvalue weighted by Crippen LogP contribution is -2.35. The highest BCUT2D eigenvalue weighted by atomic mass is 32.2. The molecule has 2 aliphatic rings. The summed E-state index contributed by atoms with van der Waals surface area (Å²) in [7, 11) is 0. The van der Waals surface area contributed by atoms with Crippen LogP contribution >= 0.6 is 23.5 Å². The first kappa shape index (κ1) is 19.7. The van der Waals surface area contributed by atoms with E-state index >= 15 is 0 Å². The molecule has 3 heterocycles. The Morgan fingerprint density at radius 1 is 1.17 bits per heavy atom. The quantitative estimate of drug-likeness (QED) is 0.714. The molecule has 4 rings (SSSR count). The Bertz CT molecular complexity index is 1160. The Morgan fingerprint density at radius 3 is 2.66 bits per heavy atom. The fourth-order valence-corrected chi connectivity index (χ4v) is 4.82. The second-order valence-electron chi connectivity index (χ2n) is 7.04. The molecule has 1 aromatic heterocycles. The molecule has 0 radical (unpaired) electrons. The number of fused-ring (bicyclic) bond motifs is 1. The molecule has 6 nitrogen and oxygen atoms in total. The molecule has 2 aromatic rings. The first-order valence-electron chi connectivity index (χ1n) is 9.11. The van der Waals surface area contributed by atoms with Crippen LogP contribution in [0.25, 0.3) is 11.8 Å². The number of carbonyl (C=O) groups excluding carboxylic acids is 1. The highest BCUT2D eigenvalue weighted by Gasteiger charge is 2.35. The standard InChI is InChI=1S/C21H21N5OS2/c1-11-6-7-12(2)17(8-11)25-13(3)9-15(14(25)4)10-16-18(22)26-20(23-19(16)27)29-21(24-26)28-5/h6-10,22H,1-5H3/b16-10+,22-18?. The number of aryl methyl sites for hydroxylation is 3. The summed E-state index contributed by atoms with van der Waals surface area (Å²) in [4.78, 5) is 16.8. The number of nitrogens with zero attached hydrogens (tertiary/aromatic N) is 4. The van der Waals surface area contributed by atoms with E-state index in [4.69, 9.17) is 5.41 Å². The summed E-state index contributed by atoms with van der Waals surface area (Å²) >= 11 is 2.79. The molecule has 29 heavy (non-hydrogen) atoms. The van der Waals surface area contributed by atoms with Crippen LogP contribution in [0.3, 0.4) is 0 Å². The molecule has 0 bridgehead atoms. The number of aliphatic imine (C=N–C) groups is 1. The Balaban J connectivity index is 1.78. The summed E-state index contributed by atoms with van der Waals surface area (Å²) in [6.45, 7) is 8.25. The molecule has 1 N–H and O–H groups in total. The van der Waals surface area contributed by atoms with Crippen molar-refractivity contribution in [3.05, 3.63) is 57.9 Å². The van der Waals surface area contributed by atoms with Crippen LogP contribution in [0.4, 0.5) is 0 Å². The number of hydrogen-bond donors (Lipinski definition) is 1. The van der Waals surface area contributed by atoms with Gasteiger partial charge in [0.25, 0.3) is 5.91 Å². The number of nitrogens with one attached hydrogen (secondary N) is 1. The van der Waals surface area contributed by atoms with E-state index in [0.29, 0.717) is 5.17 Å². The van der Waals surface area contributed by atoms with Crippen molar-refractivity contribution < 1.29 is 4.79 Å². The maximum atomic E-state index is 12.6. The molecule has 0 aliphatic carbocycles. The molecule has 0 unspecified atom stereocenters. The second-order valence-corrected chi connectivity index (χ2v) is 9.05. The smallest absolute Gasteiger partial charge is 0.283 e. The van der Waals surface area contributed by atoms with E-state index in [1.807, 2.05) is 26.2 Å². The number of amidine groups is 2. The highest BCUT2D eigenvalue weighted by Crippen LogP contribution is 2.32. The van der Waals surface area contributed by atoms with Gasteiger partial charge in [0.05, 0.1) is 5.57 Å². The van der Waals surface area contributed by atoms with Gasteiger partial charge in [-0.1, -0.05) is 12.1 Å². The van der Waals surface area contributed by atoms with E-state index in [1.54, 1.807) is 6.08 Å². The average Bonchev–Trinajstić information content (AvgIpc) is 3.21. The second kappa shape index (κ2) is 7.35. The van der Waals surface area contributed by atoms with Crippen molar-refractivity contribution in [3.8, 4) is 5.69 Å². The first-order chi connectivity index (χ1) is 13.8. The van der Waals surface area contributed by atoms with Crippen LogP contribution in [0, 0.1) is 33.1 Å². The van der Waals surface area contributed by atoms with Crippen molar-refractivity contribution in [2.75, 3.05) is 6.26 Å². The fourth-order valence-electron chi connectivity index (χ4n) is 3.48. The van der Waals surface area contributed by atoms with Gasteiger partial charge in [-0.25, -0.2) is 0 Å². The maximum absolute atomic E-state index is 12.6. The number of thioether (sulfide) groups is 2. The van der Waals surface area contributed by atoms with Crippen LogP contribution in [-0.2, 0) is 4.79 Å². The van der Waals surface area contributed by atoms with Crippen LogP contribution in [0.2, 0.25) is 0 Å². The van der Waals surface area contributed by atoms with Gasteiger partial charge in [0, 0.05) is 17.1 Å². The Labute approximate surface area is 178 Å². The SMILES string of the molecule is CSC1=NN2C(=N)/C(=C\c3cc(C)n(-c4cc(C)ccc4C)c3C)C(=O)N=C2S1.